The van der Waals surface area contributed by atoms with Crippen molar-refractivity contribution in [3.63, 3.8) is 0 Å². The fourth-order valence-corrected chi connectivity index (χ4v) is 4.08. The summed E-state index contributed by atoms with van der Waals surface area (Å²) in [5.74, 6) is -1.30. The van der Waals surface area contributed by atoms with Crippen LogP contribution >= 0.6 is 0 Å². The summed E-state index contributed by atoms with van der Waals surface area (Å²) < 4.78 is 0. The molecule has 3 aliphatic carbocycles. The summed E-state index contributed by atoms with van der Waals surface area (Å²) in [5, 5.41) is 12.4. The minimum Gasteiger partial charge on any atom is -0.481 e. The van der Waals surface area contributed by atoms with Crippen molar-refractivity contribution in [2.75, 3.05) is 0 Å². The lowest BCUT2D eigenvalue weighted by Crippen LogP contribution is -2.50. The Labute approximate surface area is 124 Å². The summed E-state index contributed by atoms with van der Waals surface area (Å²) in [6.45, 7) is 0.472. The molecule has 3 fully saturated rings. The highest BCUT2D eigenvalue weighted by Crippen LogP contribution is 2.49. The van der Waals surface area contributed by atoms with E-state index in [2.05, 4.69) is 5.32 Å². The topological polar surface area (TPSA) is 66.4 Å². The molecular weight excluding hydrogens is 266 g/mol. The second-order valence-corrected chi connectivity index (χ2v) is 6.27. The first-order chi connectivity index (χ1) is 10.2. The third kappa shape index (κ3) is 2.80. The van der Waals surface area contributed by atoms with Crippen LogP contribution in [0.25, 0.3) is 0 Å². The number of carbonyl (C=O) groups is 2. The minimum atomic E-state index is -0.802. The normalized spacial score (nSPS) is 30.9. The number of rotatable bonds is 4. The Bertz CT molecular complexity index is 520. The molecule has 2 unspecified atom stereocenters. The average molecular weight is 287 g/mol. The van der Waals surface area contributed by atoms with Gasteiger partial charge in [-0.05, 0) is 43.1 Å². The predicted octanol–water partition coefficient (Wildman–Crippen LogP) is 2.44. The molecule has 0 saturated heterocycles. The van der Waals surface area contributed by atoms with Gasteiger partial charge in [0.15, 0.2) is 0 Å². The van der Waals surface area contributed by atoms with E-state index in [-0.39, 0.29) is 23.7 Å². The molecule has 4 rings (SSSR count). The van der Waals surface area contributed by atoms with E-state index in [4.69, 9.17) is 0 Å². The molecule has 4 heteroatoms. The molecule has 0 spiro atoms. The SMILES string of the molecule is O=C(O)C1C2CCC(CC2)C1C(=O)NCc1ccccc1. The lowest BCUT2D eigenvalue weighted by atomic mass is 9.58. The van der Waals surface area contributed by atoms with Crippen LogP contribution in [-0.4, -0.2) is 17.0 Å². The van der Waals surface area contributed by atoms with Crippen LogP contribution in [0.1, 0.15) is 31.2 Å². The van der Waals surface area contributed by atoms with Gasteiger partial charge in [0.1, 0.15) is 0 Å². The average Bonchev–Trinajstić information content (AvgIpc) is 2.53. The number of fused-ring (bicyclic) bond motifs is 3. The van der Waals surface area contributed by atoms with Gasteiger partial charge < -0.3 is 10.4 Å². The Kier molecular flexibility index (Phi) is 3.95. The Morgan fingerprint density at radius 3 is 2.14 bits per heavy atom. The van der Waals surface area contributed by atoms with E-state index in [0.29, 0.717) is 6.54 Å². The first-order valence-electron chi connectivity index (χ1n) is 7.71. The van der Waals surface area contributed by atoms with Crippen molar-refractivity contribution in [3.8, 4) is 0 Å². The number of nitrogens with one attached hydrogen (secondary N) is 1. The van der Waals surface area contributed by atoms with Gasteiger partial charge in [-0.15, -0.1) is 0 Å². The molecule has 0 heterocycles. The summed E-state index contributed by atoms with van der Waals surface area (Å²) in [6.07, 6.45) is 3.92. The smallest absolute Gasteiger partial charge is 0.307 e. The molecule has 21 heavy (non-hydrogen) atoms. The van der Waals surface area contributed by atoms with Crippen molar-refractivity contribution in [1.82, 2.24) is 5.32 Å². The zero-order valence-corrected chi connectivity index (χ0v) is 12.0. The highest BCUT2D eigenvalue weighted by atomic mass is 16.4. The maximum atomic E-state index is 12.5. The number of hydrogen-bond acceptors (Lipinski definition) is 2. The number of benzene rings is 1. The summed E-state index contributed by atoms with van der Waals surface area (Å²) in [5.41, 5.74) is 1.04. The maximum Gasteiger partial charge on any atom is 0.307 e. The van der Waals surface area contributed by atoms with Gasteiger partial charge in [0.2, 0.25) is 5.91 Å². The number of aliphatic carboxylic acids is 1. The van der Waals surface area contributed by atoms with Gasteiger partial charge in [0.25, 0.3) is 0 Å². The molecule has 1 amide bonds. The van der Waals surface area contributed by atoms with Gasteiger partial charge >= 0.3 is 5.97 Å². The van der Waals surface area contributed by atoms with Crippen LogP contribution in [0.5, 0.6) is 0 Å². The standard InChI is InChI=1S/C17H21NO3/c19-16(18-10-11-4-2-1-3-5-11)14-12-6-8-13(9-7-12)15(14)17(20)21/h1-5,12-15H,6-10H2,(H,18,19)(H,20,21). The highest BCUT2D eigenvalue weighted by molar-refractivity contribution is 5.85. The lowest BCUT2D eigenvalue weighted by molar-refractivity contribution is -0.158. The Hall–Kier alpha value is -1.84. The van der Waals surface area contributed by atoms with E-state index in [1.807, 2.05) is 30.3 Å². The molecule has 1 aromatic carbocycles. The van der Waals surface area contributed by atoms with Crippen LogP contribution in [0.2, 0.25) is 0 Å². The minimum absolute atomic E-state index is 0.0827. The molecule has 0 aromatic heterocycles. The number of carboxylic acids is 1. The van der Waals surface area contributed by atoms with Gasteiger partial charge in [-0.3, -0.25) is 9.59 Å². The van der Waals surface area contributed by atoms with Crippen molar-refractivity contribution in [2.45, 2.75) is 32.2 Å². The lowest BCUT2D eigenvalue weighted by Gasteiger charge is -2.45. The Morgan fingerprint density at radius 1 is 1.00 bits per heavy atom. The molecule has 0 radical (unpaired) electrons. The van der Waals surface area contributed by atoms with Crippen LogP contribution in [0.4, 0.5) is 0 Å². The quantitative estimate of drug-likeness (QED) is 0.894. The van der Waals surface area contributed by atoms with Crippen LogP contribution in [-0.2, 0) is 16.1 Å². The van der Waals surface area contributed by atoms with Crippen LogP contribution in [0.15, 0.2) is 30.3 Å². The molecule has 2 atom stereocenters. The molecular formula is C17H21NO3. The van der Waals surface area contributed by atoms with Gasteiger partial charge in [-0.2, -0.15) is 0 Å². The predicted molar refractivity (Wildman–Crippen MR) is 78.4 cm³/mol. The van der Waals surface area contributed by atoms with Crippen molar-refractivity contribution >= 4 is 11.9 Å². The largest absolute Gasteiger partial charge is 0.481 e. The molecule has 3 saturated carbocycles. The van der Waals surface area contributed by atoms with Gasteiger partial charge in [0, 0.05) is 6.54 Å². The third-order valence-corrected chi connectivity index (χ3v) is 5.12. The summed E-state index contributed by atoms with van der Waals surface area (Å²) in [6, 6.07) is 9.73. The zero-order chi connectivity index (χ0) is 14.8. The number of carboxylic acid groups (broad SMARTS) is 1. The van der Waals surface area contributed by atoms with Gasteiger partial charge in [-0.25, -0.2) is 0 Å². The monoisotopic (exact) mass is 287 g/mol. The van der Waals surface area contributed by atoms with E-state index in [9.17, 15) is 14.7 Å². The van der Waals surface area contributed by atoms with E-state index in [1.165, 1.54) is 0 Å². The molecule has 1 aromatic rings. The molecule has 112 valence electrons. The van der Waals surface area contributed by atoms with Crippen LogP contribution < -0.4 is 5.32 Å². The molecule has 4 nitrogen and oxygen atoms in total. The van der Waals surface area contributed by atoms with Crippen LogP contribution in [0.3, 0.4) is 0 Å². The number of carbonyl (C=O) groups excluding carboxylic acids is 1. The summed E-state index contributed by atoms with van der Waals surface area (Å²) in [4.78, 5) is 24.1. The fourth-order valence-electron chi connectivity index (χ4n) is 4.08. The van der Waals surface area contributed by atoms with Crippen LogP contribution in [0, 0.1) is 23.7 Å². The van der Waals surface area contributed by atoms with Gasteiger partial charge in [0.05, 0.1) is 11.8 Å². The highest BCUT2D eigenvalue weighted by Gasteiger charge is 2.50. The zero-order valence-electron chi connectivity index (χ0n) is 12.0. The molecule has 2 bridgehead atoms. The number of amides is 1. The van der Waals surface area contributed by atoms with Crippen molar-refractivity contribution in [1.29, 1.82) is 0 Å². The van der Waals surface area contributed by atoms with E-state index in [0.717, 1.165) is 31.2 Å². The fraction of sp³-hybridized carbons (Fsp3) is 0.529. The van der Waals surface area contributed by atoms with Gasteiger partial charge in [-0.1, -0.05) is 30.3 Å². The Morgan fingerprint density at radius 2 is 1.57 bits per heavy atom. The maximum absolute atomic E-state index is 12.5. The van der Waals surface area contributed by atoms with E-state index in [1.54, 1.807) is 0 Å². The first-order valence-corrected chi connectivity index (χ1v) is 7.71. The summed E-state index contributed by atoms with van der Waals surface area (Å²) >= 11 is 0. The van der Waals surface area contributed by atoms with E-state index >= 15 is 0 Å². The van der Waals surface area contributed by atoms with Crippen molar-refractivity contribution < 1.29 is 14.7 Å². The molecule has 2 N–H and O–H groups in total. The molecule has 0 aliphatic heterocycles. The third-order valence-electron chi connectivity index (χ3n) is 5.12. The summed E-state index contributed by atoms with van der Waals surface area (Å²) in [7, 11) is 0. The van der Waals surface area contributed by atoms with Crippen molar-refractivity contribution in [3.05, 3.63) is 35.9 Å². The second kappa shape index (κ2) is 5.88. The second-order valence-electron chi connectivity index (χ2n) is 6.27. The molecule has 3 aliphatic rings. The first kappa shape index (κ1) is 14.1. The number of hydrogen-bond donors (Lipinski definition) is 2. The Balaban J connectivity index is 1.69. The van der Waals surface area contributed by atoms with E-state index < -0.39 is 11.9 Å². The van der Waals surface area contributed by atoms with Crippen molar-refractivity contribution in [2.24, 2.45) is 23.7 Å².